The van der Waals surface area contributed by atoms with Crippen molar-refractivity contribution >= 4 is 45.6 Å². The normalized spacial score (nSPS) is 15.6. The predicted molar refractivity (Wildman–Crippen MR) is 124 cm³/mol. The lowest BCUT2D eigenvalue weighted by atomic mass is 10.1. The summed E-state index contributed by atoms with van der Waals surface area (Å²) in [5, 5.41) is 14.9. The fourth-order valence-electron chi connectivity index (χ4n) is 3.55. The second-order valence-corrected chi connectivity index (χ2v) is 8.58. The molecule has 1 aliphatic rings. The van der Waals surface area contributed by atoms with Crippen LogP contribution in [0.25, 0.3) is 0 Å². The zero-order chi connectivity index (χ0) is 22.7. The number of para-hydroxylation sites is 1. The first kappa shape index (κ1) is 21.6. The van der Waals surface area contributed by atoms with E-state index in [9.17, 15) is 14.4 Å². The molecule has 0 aliphatic carbocycles. The van der Waals surface area contributed by atoms with Crippen LogP contribution in [0.5, 0.6) is 0 Å². The molecule has 1 atom stereocenters. The molecule has 8 nitrogen and oxygen atoms in total. The van der Waals surface area contributed by atoms with Gasteiger partial charge in [-0.15, -0.1) is 10.2 Å². The van der Waals surface area contributed by atoms with E-state index in [2.05, 4.69) is 20.8 Å². The summed E-state index contributed by atoms with van der Waals surface area (Å²) in [5.41, 5.74) is 3.04. The van der Waals surface area contributed by atoms with E-state index in [1.54, 1.807) is 36.1 Å². The molecule has 1 aliphatic heterocycles. The lowest BCUT2D eigenvalue weighted by molar-refractivity contribution is -0.117. The first-order chi connectivity index (χ1) is 15.4. The molecule has 164 valence electrons. The van der Waals surface area contributed by atoms with Crippen LogP contribution in [-0.4, -0.2) is 34.5 Å². The Morgan fingerprint density at radius 3 is 2.56 bits per heavy atom. The standard InChI is InChI=1S/C23H23N5O3S/c1-3-19(29)24-17-10-8-15(9-11-17)21(31)25-23-27-26-22(32-23)16-12-20(30)28(13-16)18-7-5-4-6-14(18)2/h4-11,16H,3,12-13H2,1-2H3,(H,24,29)(H,25,27,31). The van der Waals surface area contributed by atoms with Gasteiger partial charge in [-0.1, -0.05) is 36.5 Å². The molecule has 9 heteroatoms. The number of benzene rings is 2. The summed E-state index contributed by atoms with van der Waals surface area (Å²) in [4.78, 5) is 38.4. The van der Waals surface area contributed by atoms with Crippen molar-refractivity contribution in [1.82, 2.24) is 10.2 Å². The van der Waals surface area contributed by atoms with Crippen LogP contribution in [0.15, 0.2) is 48.5 Å². The molecule has 2 aromatic carbocycles. The molecule has 0 bridgehead atoms. The second kappa shape index (κ2) is 9.27. The van der Waals surface area contributed by atoms with E-state index in [1.165, 1.54) is 11.3 Å². The van der Waals surface area contributed by atoms with Gasteiger partial charge in [-0.05, 0) is 42.8 Å². The van der Waals surface area contributed by atoms with Gasteiger partial charge in [0.05, 0.1) is 0 Å². The molecule has 0 spiro atoms. The fraction of sp³-hybridized carbons (Fsp3) is 0.261. The molecule has 3 amide bonds. The minimum atomic E-state index is -0.315. The van der Waals surface area contributed by atoms with Crippen LogP contribution in [0.2, 0.25) is 0 Å². The minimum absolute atomic E-state index is 0.0559. The molecule has 2 heterocycles. The van der Waals surface area contributed by atoms with E-state index in [4.69, 9.17) is 0 Å². The third-order valence-electron chi connectivity index (χ3n) is 5.29. The van der Waals surface area contributed by atoms with Gasteiger partial charge in [-0.2, -0.15) is 0 Å². The van der Waals surface area contributed by atoms with E-state index in [0.29, 0.717) is 35.8 Å². The van der Waals surface area contributed by atoms with Gasteiger partial charge in [0.1, 0.15) is 5.01 Å². The maximum atomic E-state index is 12.6. The van der Waals surface area contributed by atoms with Gasteiger partial charge >= 0.3 is 0 Å². The maximum absolute atomic E-state index is 12.6. The first-order valence-electron chi connectivity index (χ1n) is 10.3. The topological polar surface area (TPSA) is 104 Å². The molecule has 0 radical (unpaired) electrons. The van der Waals surface area contributed by atoms with Crippen LogP contribution in [0.4, 0.5) is 16.5 Å². The average molecular weight is 450 g/mol. The number of rotatable bonds is 6. The molecule has 4 rings (SSSR count). The average Bonchev–Trinajstić information content (AvgIpc) is 3.41. The highest BCUT2D eigenvalue weighted by molar-refractivity contribution is 7.15. The number of hydrogen-bond donors (Lipinski definition) is 2. The zero-order valence-electron chi connectivity index (χ0n) is 17.8. The largest absolute Gasteiger partial charge is 0.326 e. The Kier molecular flexibility index (Phi) is 6.27. The monoisotopic (exact) mass is 449 g/mol. The SMILES string of the molecule is CCC(=O)Nc1ccc(C(=O)Nc2nnc(C3CC(=O)N(c4ccccc4C)C3)s2)cc1. The molecular formula is C23H23N5O3S. The quantitative estimate of drug-likeness (QED) is 0.593. The Morgan fingerprint density at radius 1 is 1.09 bits per heavy atom. The van der Waals surface area contributed by atoms with Crippen molar-refractivity contribution in [3.63, 3.8) is 0 Å². The molecule has 1 aromatic heterocycles. The van der Waals surface area contributed by atoms with Crippen molar-refractivity contribution in [1.29, 1.82) is 0 Å². The van der Waals surface area contributed by atoms with Gasteiger partial charge in [0.2, 0.25) is 16.9 Å². The van der Waals surface area contributed by atoms with Crippen molar-refractivity contribution in [3.05, 3.63) is 64.7 Å². The van der Waals surface area contributed by atoms with E-state index in [0.717, 1.165) is 16.3 Å². The lowest BCUT2D eigenvalue weighted by Gasteiger charge is -2.18. The highest BCUT2D eigenvalue weighted by Gasteiger charge is 2.34. The molecule has 1 unspecified atom stereocenters. The fourth-order valence-corrected chi connectivity index (χ4v) is 4.38. The van der Waals surface area contributed by atoms with Crippen molar-refractivity contribution in [2.75, 3.05) is 22.1 Å². The van der Waals surface area contributed by atoms with E-state index < -0.39 is 0 Å². The third-order valence-corrected chi connectivity index (χ3v) is 6.29. The molecule has 0 saturated carbocycles. The summed E-state index contributed by atoms with van der Waals surface area (Å²) < 4.78 is 0. The molecule has 2 N–H and O–H groups in total. The minimum Gasteiger partial charge on any atom is -0.326 e. The summed E-state index contributed by atoms with van der Waals surface area (Å²) in [6, 6.07) is 14.4. The van der Waals surface area contributed by atoms with Crippen LogP contribution in [0.1, 0.15) is 46.6 Å². The van der Waals surface area contributed by atoms with Gasteiger partial charge in [0.15, 0.2) is 0 Å². The number of amides is 3. The van der Waals surface area contributed by atoms with Crippen LogP contribution in [0.3, 0.4) is 0 Å². The summed E-state index contributed by atoms with van der Waals surface area (Å²) in [6.07, 6.45) is 0.749. The number of nitrogens with one attached hydrogen (secondary N) is 2. The molecule has 1 fully saturated rings. The molecule has 1 saturated heterocycles. The Bertz CT molecular complexity index is 1160. The first-order valence-corrected chi connectivity index (χ1v) is 11.2. The summed E-state index contributed by atoms with van der Waals surface area (Å²) in [7, 11) is 0. The number of aryl methyl sites for hydroxylation is 1. The highest BCUT2D eigenvalue weighted by atomic mass is 32.1. The van der Waals surface area contributed by atoms with E-state index in [1.807, 2.05) is 31.2 Å². The number of carbonyl (C=O) groups is 3. The van der Waals surface area contributed by atoms with Crippen molar-refractivity contribution < 1.29 is 14.4 Å². The Balaban J connectivity index is 1.40. The lowest BCUT2D eigenvalue weighted by Crippen LogP contribution is -2.25. The Morgan fingerprint density at radius 2 is 1.84 bits per heavy atom. The van der Waals surface area contributed by atoms with E-state index >= 15 is 0 Å². The number of aromatic nitrogens is 2. The van der Waals surface area contributed by atoms with Gasteiger partial charge in [0, 0.05) is 42.2 Å². The summed E-state index contributed by atoms with van der Waals surface area (Å²) in [5.74, 6) is -0.410. The van der Waals surface area contributed by atoms with Gasteiger partial charge < -0.3 is 10.2 Å². The molecular weight excluding hydrogens is 426 g/mol. The van der Waals surface area contributed by atoms with Crippen molar-refractivity contribution in [3.8, 4) is 0 Å². The Labute approximate surface area is 189 Å². The number of anilines is 3. The van der Waals surface area contributed by atoms with Crippen LogP contribution < -0.4 is 15.5 Å². The van der Waals surface area contributed by atoms with Crippen LogP contribution in [-0.2, 0) is 9.59 Å². The third kappa shape index (κ3) is 4.67. The van der Waals surface area contributed by atoms with Gasteiger partial charge in [-0.3, -0.25) is 19.7 Å². The maximum Gasteiger partial charge on any atom is 0.257 e. The second-order valence-electron chi connectivity index (χ2n) is 7.57. The number of carbonyl (C=O) groups excluding carboxylic acids is 3. The van der Waals surface area contributed by atoms with Crippen LogP contribution in [0, 0.1) is 6.92 Å². The molecule has 32 heavy (non-hydrogen) atoms. The Hall–Kier alpha value is -3.59. The van der Waals surface area contributed by atoms with E-state index in [-0.39, 0.29) is 23.6 Å². The summed E-state index contributed by atoms with van der Waals surface area (Å²) in [6.45, 7) is 4.30. The highest BCUT2D eigenvalue weighted by Crippen LogP contribution is 2.35. The number of hydrogen-bond acceptors (Lipinski definition) is 6. The predicted octanol–water partition coefficient (Wildman–Crippen LogP) is 3.97. The van der Waals surface area contributed by atoms with Crippen molar-refractivity contribution in [2.24, 2.45) is 0 Å². The van der Waals surface area contributed by atoms with Gasteiger partial charge in [-0.25, -0.2) is 0 Å². The zero-order valence-corrected chi connectivity index (χ0v) is 18.6. The summed E-state index contributed by atoms with van der Waals surface area (Å²) >= 11 is 1.28. The van der Waals surface area contributed by atoms with Gasteiger partial charge in [0.25, 0.3) is 5.91 Å². The van der Waals surface area contributed by atoms with Crippen LogP contribution >= 0.6 is 11.3 Å². The molecule has 3 aromatic rings. The smallest absolute Gasteiger partial charge is 0.257 e. The number of nitrogens with zero attached hydrogens (tertiary/aromatic N) is 3. The van der Waals surface area contributed by atoms with Crippen molar-refractivity contribution in [2.45, 2.75) is 32.6 Å².